The topological polar surface area (TPSA) is 53.4 Å². The molecular weight excluding hydrogens is 216 g/mol. The van der Waals surface area contributed by atoms with Crippen LogP contribution in [0.25, 0.3) is 0 Å². The average Bonchev–Trinajstić information content (AvgIpc) is 2.39. The smallest absolute Gasteiger partial charge is 0.320 e. The van der Waals surface area contributed by atoms with Crippen molar-refractivity contribution in [3.63, 3.8) is 0 Å². The summed E-state index contributed by atoms with van der Waals surface area (Å²) in [6.07, 6.45) is 6.84. The first-order valence-corrected chi connectivity index (χ1v) is 6.08. The second kappa shape index (κ2) is 5.27. The lowest BCUT2D eigenvalue weighted by atomic mass is 9.95. The molecule has 17 heavy (non-hydrogen) atoms. The zero-order chi connectivity index (χ0) is 12.3. The van der Waals surface area contributed by atoms with E-state index in [4.69, 9.17) is 5.11 Å². The molecule has 1 N–H and O–H groups in total. The van der Waals surface area contributed by atoms with Gasteiger partial charge in [-0.05, 0) is 37.9 Å². The molecule has 92 valence electrons. The minimum absolute atomic E-state index is 0.198. The molecule has 4 nitrogen and oxygen atoms in total. The van der Waals surface area contributed by atoms with Crippen LogP contribution in [-0.4, -0.2) is 33.5 Å². The van der Waals surface area contributed by atoms with Crippen LogP contribution in [0.3, 0.4) is 0 Å². The molecular formula is C13H18N2O2. The van der Waals surface area contributed by atoms with Gasteiger partial charge in [-0.2, -0.15) is 0 Å². The fraction of sp³-hybridized carbons (Fsp3) is 0.538. The number of rotatable bonds is 3. The Morgan fingerprint density at radius 3 is 3.06 bits per heavy atom. The van der Waals surface area contributed by atoms with Gasteiger partial charge >= 0.3 is 5.97 Å². The van der Waals surface area contributed by atoms with Crippen molar-refractivity contribution in [2.24, 2.45) is 0 Å². The first-order chi connectivity index (χ1) is 8.20. The molecule has 0 bridgehead atoms. The molecule has 0 amide bonds. The van der Waals surface area contributed by atoms with Gasteiger partial charge in [0.2, 0.25) is 0 Å². The Labute approximate surface area is 101 Å². The normalized spacial score (nSPS) is 23.2. The Kier molecular flexibility index (Phi) is 3.74. The van der Waals surface area contributed by atoms with Gasteiger partial charge in [0.25, 0.3) is 0 Å². The van der Waals surface area contributed by atoms with Gasteiger partial charge in [-0.3, -0.25) is 14.7 Å². The van der Waals surface area contributed by atoms with E-state index in [1.165, 1.54) is 0 Å². The Morgan fingerprint density at radius 2 is 2.41 bits per heavy atom. The number of hydrogen-bond donors (Lipinski definition) is 1. The summed E-state index contributed by atoms with van der Waals surface area (Å²) in [6, 6.07) is 3.71. The number of nitrogens with zero attached hydrogens (tertiary/aromatic N) is 2. The molecule has 0 saturated carbocycles. The highest BCUT2D eigenvalue weighted by Crippen LogP contribution is 2.31. The van der Waals surface area contributed by atoms with Gasteiger partial charge in [0.05, 0.1) is 0 Å². The van der Waals surface area contributed by atoms with Crippen molar-refractivity contribution in [1.29, 1.82) is 0 Å². The number of hydrogen-bond acceptors (Lipinski definition) is 3. The Morgan fingerprint density at radius 1 is 1.59 bits per heavy atom. The zero-order valence-corrected chi connectivity index (χ0v) is 10.0. The second-order valence-corrected chi connectivity index (χ2v) is 4.55. The highest BCUT2D eigenvalue weighted by molar-refractivity contribution is 5.73. The van der Waals surface area contributed by atoms with Gasteiger partial charge in [0, 0.05) is 18.4 Å². The van der Waals surface area contributed by atoms with E-state index in [1.807, 2.05) is 18.3 Å². The van der Waals surface area contributed by atoms with Crippen LogP contribution in [0.2, 0.25) is 0 Å². The van der Waals surface area contributed by atoms with Crippen LogP contribution >= 0.6 is 0 Å². The number of carbonyl (C=O) groups is 1. The molecule has 0 aliphatic carbocycles. The van der Waals surface area contributed by atoms with Crippen LogP contribution in [0.5, 0.6) is 0 Å². The first kappa shape index (κ1) is 12.0. The zero-order valence-electron chi connectivity index (χ0n) is 10.0. The maximum Gasteiger partial charge on any atom is 0.320 e. The van der Waals surface area contributed by atoms with E-state index in [-0.39, 0.29) is 6.04 Å². The fourth-order valence-electron chi connectivity index (χ4n) is 2.49. The SMILES string of the molecule is CC(C(=O)O)N1CCCCC1c1cccnc1. The van der Waals surface area contributed by atoms with Crippen LogP contribution in [0.4, 0.5) is 0 Å². The van der Waals surface area contributed by atoms with Crippen molar-refractivity contribution in [3.05, 3.63) is 30.1 Å². The predicted molar refractivity (Wildman–Crippen MR) is 64.6 cm³/mol. The number of aromatic nitrogens is 1. The van der Waals surface area contributed by atoms with Crippen LogP contribution in [-0.2, 0) is 4.79 Å². The van der Waals surface area contributed by atoms with Crippen LogP contribution in [0.1, 0.15) is 37.8 Å². The third-order valence-corrected chi connectivity index (χ3v) is 3.47. The van der Waals surface area contributed by atoms with Crippen LogP contribution in [0, 0.1) is 0 Å². The van der Waals surface area contributed by atoms with Crippen molar-refractivity contribution in [1.82, 2.24) is 9.88 Å². The van der Waals surface area contributed by atoms with Crippen LogP contribution < -0.4 is 0 Å². The number of likely N-dealkylation sites (tertiary alicyclic amines) is 1. The lowest BCUT2D eigenvalue weighted by Gasteiger charge is -2.38. The number of pyridine rings is 1. The van der Waals surface area contributed by atoms with Crippen molar-refractivity contribution in [2.45, 2.75) is 38.3 Å². The molecule has 1 aliphatic rings. The van der Waals surface area contributed by atoms with E-state index < -0.39 is 12.0 Å². The van der Waals surface area contributed by atoms with E-state index in [0.717, 1.165) is 31.4 Å². The van der Waals surface area contributed by atoms with Crippen molar-refractivity contribution in [3.8, 4) is 0 Å². The van der Waals surface area contributed by atoms with Gasteiger partial charge < -0.3 is 5.11 Å². The standard InChI is InChI=1S/C13H18N2O2/c1-10(13(16)17)15-8-3-2-6-12(15)11-5-4-7-14-9-11/h4-5,7,9-10,12H,2-3,6,8H2,1H3,(H,16,17). The molecule has 0 spiro atoms. The summed E-state index contributed by atoms with van der Waals surface area (Å²) in [7, 11) is 0. The van der Waals surface area contributed by atoms with E-state index >= 15 is 0 Å². The molecule has 1 aromatic rings. The molecule has 1 fully saturated rings. The van der Waals surface area contributed by atoms with Gasteiger partial charge in [-0.1, -0.05) is 12.5 Å². The van der Waals surface area contributed by atoms with Gasteiger partial charge in [0.15, 0.2) is 0 Å². The van der Waals surface area contributed by atoms with Crippen LogP contribution in [0.15, 0.2) is 24.5 Å². The molecule has 2 atom stereocenters. The molecule has 1 aromatic heterocycles. The molecule has 2 rings (SSSR count). The van der Waals surface area contributed by atoms with Gasteiger partial charge in [0.1, 0.15) is 6.04 Å². The summed E-state index contributed by atoms with van der Waals surface area (Å²) in [4.78, 5) is 17.3. The summed E-state index contributed by atoms with van der Waals surface area (Å²) in [5, 5.41) is 9.14. The molecule has 2 unspecified atom stereocenters. The molecule has 1 saturated heterocycles. The molecule has 1 aliphatic heterocycles. The maximum absolute atomic E-state index is 11.1. The minimum Gasteiger partial charge on any atom is -0.480 e. The third kappa shape index (κ3) is 2.64. The number of carboxylic acid groups (broad SMARTS) is 1. The average molecular weight is 234 g/mol. The molecule has 0 aromatic carbocycles. The second-order valence-electron chi connectivity index (χ2n) is 4.55. The fourth-order valence-corrected chi connectivity index (χ4v) is 2.49. The lowest BCUT2D eigenvalue weighted by molar-refractivity contribution is -0.144. The van der Waals surface area contributed by atoms with E-state index in [9.17, 15) is 4.79 Å². The number of piperidine rings is 1. The van der Waals surface area contributed by atoms with Crippen molar-refractivity contribution >= 4 is 5.97 Å². The lowest BCUT2D eigenvalue weighted by Crippen LogP contribution is -2.44. The highest BCUT2D eigenvalue weighted by Gasteiger charge is 2.30. The van der Waals surface area contributed by atoms with E-state index in [0.29, 0.717) is 0 Å². The summed E-state index contributed by atoms with van der Waals surface area (Å²) < 4.78 is 0. The van der Waals surface area contributed by atoms with Gasteiger partial charge in [-0.25, -0.2) is 0 Å². The number of aliphatic carboxylic acids is 1. The highest BCUT2D eigenvalue weighted by atomic mass is 16.4. The maximum atomic E-state index is 11.1. The van der Waals surface area contributed by atoms with E-state index in [1.54, 1.807) is 13.1 Å². The largest absolute Gasteiger partial charge is 0.480 e. The Bertz CT molecular complexity index is 380. The van der Waals surface area contributed by atoms with Crippen molar-refractivity contribution < 1.29 is 9.90 Å². The van der Waals surface area contributed by atoms with Gasteiger partial charge in [-0.15, -0.1) is 0 Å². The number of carboxylic acids is 1. The summed E-state index contributed by atoms with van der Waals surface area (Å²) in [5.41, 5.74) is 1.13. The molecule has 0 radical (unpaired) electrons. The summed E-state index contributed by atoms with van der Waals surface area (Å²) >= 11 is 0. The quantitative estimate of drug-likeness (QED) is 0.870. The predicted octanol–water partition coefficient (Wildman–Crippen LogP) is 2.08. The monoisotopic (exact) mass is 234 g/mol. The van der Waals surface area contributed by atoms with E-state index in [2.05, 4.69) is 9.88 Å². The third-order valence-electron chi connectivity index (χ3n) is 3.47. The Hall–Kier alpha value is -1.42. The molecule has 4 heteroatoms. The minimum atomic E-state index is -0.749. The first-order valence-electron chi connectivity index (χ1n) is 6.08. The van der Waals surface area contributed by atoms with Crippen molar-refractivity contribution in [2.75, 3.05) is 6.54 Å². The summed E-state index contributed by atoms with van der Waals surface area (Å²) in [5.74, 6) is -0.749. The Balaban J connectivity index is 2.21. The molecule has 2 heterocycles. The summed E-state index contributed by atoms with van der Waals surface area (Å²) in [6.45, 7) is 2.62.